The molecule has 0 aliphatic heterocycles. The summed E-state index contributed by atoms with van der Waals surface area (Å²) in [5.41, 5.74) is 13.1. The number of nitrogens with zero attached hydrogens (tertiary/aromatic N) is 3. The Morgan fingerprint density at radius 1 is 0.534 bits per heavy atom. The van der Waals surface area contributed by atoms with Gasteiger partial charge in [0.15, 0.2) is 0 Å². The van der Waals surface area contributed by atoms with E-state index in [9.17, 15) is 5.11 Å². The minimum Gasteiger partial charge on any atom is -0.517 e. The molecule has 2 heterocycles. The van der Waals surface area contributed by atoms with Gasteiger partial charge in [0.1, 0.15) is 5.82 Å². The number of benzene rings is 7. The van der Waals surface area contributed by atoms with Crippen molar-refractivity contribution >= 4 is 38.7 Å². The van der Waals surface area contributed by atoms with Crippen molar-refractivity contribution in [3.05, 3.63) is 204 Å². The maximum atomic E-state index is 11.6. The molecular weight excluding hydrogens is 890 g/mol. The van der Waals surface area contributed by atoms with Gasteiger partial charge in [-0.25, -0.2) is 4.98 Å². The maximum Gasteiger partial charge on any atom is 0.144 e. The number of phenols is 1. The van der Waals surface area contributed by atoms with Crippen molar-refractivity contribution in [2.45, 2.75) is 25.7 Å². The number of anilines is 3. The molecule has 7 aromatic carbocycles. The van der Waals surface area contributed by atoms with E-state index in [-0.39, 0.29) is 26.5 Å². The third-order valence-corrected chi connectivity index (χ3v) is 12.1. The van der Waals surface area contributed by atoms with Gasteiger partial charge in [-0.05, 0) is 129 Å². The molecule has 2 aliphatic rings. The van der Waals surface area contributed by atoms with Crippen molar-refractivity contribution in [3.63, 3.8) is 0 Å². The van der Waals surface area contributed by atoms with Gasteiger partial charge in [0.05, 0.1) is 17.1 Å². The number of aromatic nitrogens is 2. The zero-order chi connectivity index (χ0) is 37.9. The topological polar surface area (TPSA) is 49.2 Å². The van der Waals surface area contributed by atoms with Crippen LogP contribution in [0.3, 0.4) is 0 Å². The number of hydrogen-bond acceptors (Lipinski definition) is 4. The number of hydrogen-bond donors (Lipinski definition) is 1. The Balaban J connectivity index is 0.00000408. The van der Waals surface area contributed by atoms with Gasteiger partial charge in [0, 0.05) is 38.3 Å². The average Bonchev–Trinajstić information content (AvgIpc) is 3.81. The second-order valence-corrected chi connectivity index (χ2v) is 15.7. The van der Waals surface area contributed by atoms with Crippen LogP contribution in [0.25, 0.3) is 55.2 Å². The second-order valence-electron chi connectivity index (χ2n) is 15.7. The van der Waals surface area contributed by atoms with Crippen LogP contribution >= 0.6 is 0 Å². The van der Waals surface area contributed by atoms with E-state index < -0.39 is 0 Å². The summed E-state index contributed by atoms with van der Waals surface area (Å²) in [5.74, 6) is 1.07. The molecule has 2 aliphatic carbocycles. The molecule has 2 aromatic heterocycles. The van der Waals surface area contributed by atoms with Crippen molar-refractivity contribution in [2.75, 3.05) is 4.90 Å². The van der Waals surface area contributed by atoms with Gasteiger partial charge in [-0.1, -0.05) is 114 Å². The molecule has 1 N–H and O–H groups in total. The van der Waals surface area contributed by atoms with Crippen LogP contribution in [0.4, 0.5) is 17.2 Å². The van der Waals surface area contributed by atoms with Crippen LogP contribution in [-0.2, 0) is 46.7 Å². The quantitative estimate of drug-likeness (QED) is 0.133. The van der Waals surface area contributed by atoms with Crippen molar-refractivity contribution in [1.82, 2.24) is 9.97 Å². The Kier molecular flexibility index (Phi) is 9.03. The van der Waals surface area contributed by atoms with Gasteiger partial charge in [0.2, 0.25) is 0 Å². The van der Waals surface area contributed by atoms with E-state index in [4.69, 9.17) is 9.97 Å². The largest absolute Gasteiger partial charge is 0.517 e. The molecule has 0 fully saturated rings. The summed E-state index contributed by atoms with van der Waals surface area (Å²) in [6.07, 6.45) is 5.99. The van der Waals surface area contributed by atoms with Crippen LogP contribution in [-0.4, -0.2) is 15.1 Å². The summed E-state index contributed by atoms with van der Waals surface area (Å²) in [6.45, 7) is 0. The van der Waals surface area contributed by atoms with Crippen molar-refractivity contribution in [3.8, 4) is 39.4 Å². The fourth-order valence-electron chi connectivity index (χ4n) is 9.49. The van der Waals surface area contributed by atoms with Gasteiger partial charge in [-0.15, -0.1) is 29.8 Å². The first kappa shape index (κ1) is 36.0. The number of pyridine rings is 2. The van der Waals surface area contributed by atoms with Crippen LogP contribution in [0.1, 0.15) is 22.3 Å². The molecule has 0 saturated carbocycles. The number of aromatic hydroxyl groups is 1. The molecule has 0 atom stereocenters. The van der Waals surface area contributed by atoms with Crippen LogP contribution in [0.2, 0.25) is 0 Å². The van der Waals surface area contributed by atoms with Crippen molar-refractivity contribution < 1.29 is 26.2 Å². The summed E-state index contributed by atoms with van der Waals surface area (Å²) in [6, 6.07) is 63.2. The van der Waals surface area contributed by atoms with E-state index in [0.717, 1.165) is 86.9 Å². The number of para-hydroxylation sites is 1. The molecule has 1 spiro atoms. The molecule has 9 aromatic rings. The number of phenolic OH excluding ortho intramolecular Hbond substituents is 1. The van der Waals surface area contributed by atoms with E-state index in [1.165, 1.54) is 33.4 Å². The van der Waals surface area contributed by atoms with Gasteiger partial charge in [-0.2, -0.15) is 0 Å². The van der Waals surface area contributed by atoms with Gasteiger partial charge in [0.25, 0.3) is 0 Å². The van der Waals surface area contributed by atoms with E-state index in [1.54, 1.807) is 0 Å². The third-order valence-electron chi connectivity index (χ3n) is 12.1. The average molecular weight is 928 g/mol. The smallest absolute Gasteiger partial charge is 0.144 e. The number of rotatable bonds is 6. The molecule has 4 nitrogen and oxygen atoms in total. The molecule has 282 valence electrons. The van der Waals surface area contributed by atoms with Crippen LogP contribution in [0, 0.1) is 11.5 Å². The molecule has 0 radical (unpaired) electrons. The molecule has 5 heteroatoms. The summed E-state index contributed by atoms with van der Waals surface area (Å²) >= 11 is 0. The Bertz CT molecular complexity index is 2960. The van der Waals surface area contributed by atoms with E-state index >= 15 is 0 Å². The van der Waals surface area contributed by atoms with Crippen LogP contribution in [0.15, 0.2) is 176 Å². The molecule has 0 amide bonds. The van der Waals surface area contributed by atoms with Crippen molar-refractivity contribution in [1.29, 1.82) is 0 Å². The minimum atomic E-state index is 0. The van der Waals surface area contributed by atoms with Gasteiger partial charge in [-0.3, -0.25) is 4.98 Å². The Hall–Kier alpha value is -6.35. The summed E-state index contributed by atoms with van der Waals surface area (Å²) in [4.78, 5) is 12.4. The molecular formula is C53H38N3OPt-. The van der Waals surface area contributed by atoms with Crippen LogP contribution < -0.4 is 4.90 Å². The Morgan fingerprint density at radius 3 is 1.98 bits per heavy atom. The fraction of sp³-hybridized carbons (Fsp3) is 0.0943. The standard InChI is InChI=1S/C53H38N3O.Pt/c57-51-29-42-34-53(31-39-14-7-8-15-40(39)32-53)33-41(42)28-47(51)37-16-11-19-44(27-37)56(43-17-5-2-6-18-43)52-46-24-22-38-26-36(35-12-3-1-4-13-35)21-23-45(38)48(46)30-50(55-52)49-20-9-10-25-54-49;/h1-26,28-30,57H,31-34H2;/q-1;. The summed E-state index contributed by atoms with van der Waals surface area (Å²) in [5, 5.41) is 16.0. The third kappa shape index (κ3) is 6.29. The first-order chi connectivity index (χ1) is 28.1. The maximum absolute atomic E-state index is 11.6. The summed E-state index contributed by atoms with van der Waals surface area (Å²) < 4.78 is 0. The molecule has 11 rings (SSSR count). The molecule has 58 heavy (non-hydrogen) atoms. The summed E-state index contributed by atoms with van der Waals surface area (Å²) in [7, 11) is 0. The zero-order valence-corrected chi connectivity index (χ0v) is 33.9. The van der Waals surface area contributed by atoms with E-state index in [2.05, 4.69) is 150 Å². The first-order valence-electron chi connectivity index (χ1n) is 19.7. The predicted molar refractivity (Wildman–Crippen MR) is 232 cm³/mol. The van der Waals surface area contributed by atoms with Crippen molar-refractivity contribution in [2.24, 2.45) is 5.41 Å². The Labute approximate surface area is 352 Å². The van der Waals surface area contributed by atoms with E-state index in [0.29, 0.717) is 5.75 Å². The van der Waals surface area contributed by atoms with Gasteiger partial charge < -0.3 is 10.0 Å². The van der Waals surface area contributed by atoms with Gasteiger partial charge >= 0.3 is 0 Å². The van der Waals surface area contributed by atoms with E-state index in [1.807, 2.05) is 36.5 Å². The minimum absolute atomic E-state index is 0. The SMILES string of the molecule is Oc1cc2c(cc1-c1[c-]c(N(c3ccccc3)c3nc(-c4ccccn4)cc4c3ccc3cc(-c5ccccc5)ccc34)ccc1)CC1(Cc3ccccc3C1)C2.[Pt]. The molecule has 0 unspecified atom stereocenters. The monoisotopic (exact) mass is 927 g/mol. The normalized spacial score (nSPS) is 13.7. The zero-order valence-electron chi connectivity index (χ0n) is 31.7. The molecule has 0 bridgehead atoms. The first-order valence-corrected chi connectivity index (χ1v) is 19.7. The fourth-order valence-corrected chi connectivity index (χ4v) is 9.49. The number of fused-ring (bicyclic) bond motifs is 5. The Morgan fingerprint density at radius 2 is 1.22 bits per heavy atom. The predicted octanol–water partition coefficient (Wildman–Crippen LogP) is 12.6. The molecule has 0 saturated heterocycles. The van der Waals surface area contributed by atoms with Crippen LogP contribution in [0.5, 0.6) is 5.75 Å². The second kappa shape index (κ2) is 14.5.